The van der Waals surface area contributed by atoms with Gasteiger partial charge in [0.1, 0.15) is 27.4 Å². The van der Waals surface area contributed by atoms with Crippen LogP contribution in [0.2, 0.25) is 0 Å². The van der Waals surface area contributed by atoms with Crippen LogP contribution in [0.4, 0.5) is 103 Å². The molecule has 5 aromatic heterocycles. The highest BCUT2D eigenvalue weighted by Gasteiger charge is 2.32. The van der Waals surface area contributed by atoms with Gasteiger partial charge in [-0.15, -0.1) is 0 Å². The second-order valence-electron chi connectivity index (χ2n) is 38.8. The van der Waals surface area contributed by atoms with Crippen LogP contribution in [0.1, 0.15) is 144 Å². The molecule has 7 aliphatic rings. The maximum atomic E-state index is 12.6. The van der Waals surface area contributed by atoms with Crippen LogP contribution < -0.4 is 122 Å². The average molecular weight is 1950 g/mol. The second kappa shape index (κ2) is 44.5. The van der Waals surface area contributed by atoms with Gasteiger partial charge in [0.25, 0.3) is 27.8 Å². The number of rotatable bonds is 26. The van der Waals surface area contributed by atoms with Crippen molar-refractivity contribution in [3.8, 4) is 0 Å². The largest absolute Gasteiger partial charge is 0.382 e. The molecule has 0 atom stereocenters. The molecular formula is C118H125N23O5. The van der Waals surface area contributed by atoms with E-state index in [1.165, 1.54) is 77.5 Å². The van der Waals surface area contributed by atoms with Crippen LogP contribution in [-0.4, -0.2) is 109 Å². The Morgan fingerprint density at radius 2 is 0.521 bits per heavy atom. The van der Waals surface area contributed by atoms with Gasteiger partial charge >= 0.3 is 0 Å². The first-order valence-corrected chi connectivity index (χ1v) is 50.5. The number of nitrogens with zero attached hydrogens (tertiary/aromatic N) is 16. The van der Waals surface area contributed by atoms with E-state index in [4.69, 9.17) is 4.99 Å². The first-order valence-electron chi connectivity index (χ1n) is 50.5. The molecule has 0 saturated heterocycles. The van der Waals surface area contributed by atoms with E-state index in [0.717, 1.165) is 205 Å². The number of anilines is 13. The third-order valence-electron chi connectivity index (χ3n) is 27.5. The molecule has 0 bridgehead atoms. The number of unbranched alkanes of at least 4 members (excludes halogenated alkanes) is 1. The number of fused-ring (bicyclic) bond motifs is 10. The smallest absolute Gasteiger partial charge is 0.279 e. The van der Waals surface area contributed by atoms with Crippen LogP contribution in [0.25, 0.3) is 32.9 Å². The van der Waals surface area contributed by atoms with Gasteiger partial charge in [-0.2, -0.15) is 0 Å². The number of aromatic amines is 5. The molecule has 7 N–H and O–H groups in total. The molecule has 22 rings (SSSR count). The minimum Gasteiger partial charge on any atom is -0.382 e. The lowest BCUT2D eigenvalue weighted by atomic mass is 10.0. The third kappa shape index (κ3) is 23.1. The molecule has 5 aliphatic heterocycles. The number of benzene rings is 10. The SMILES string of the molecule is C=c1nc2c(c(=O)[nH]1)=Nc1cc(C)c(C)cc1N2CCCCc1ccccc1.C=c1nc2c(c(=O)[nH]1)=Nc1cc(C)c(C)cc1N2CCCc1ccccc1.C=c1nc2c(c(=O)[nH]1)=Nc1cc(C)c(N(C)C)cc1N2CCCc1ccccc1.C=c1nc2c(c(=O)[nH]1)=Nc1cc(C)c(NC3CC3)cc1N2CCCc1ccccc1.C=c1nc2c(c(=O)[nH]1)=Nc1cc(C)c(NC3CCCC3)cc1N2CCCc1ccccc1. The van der Waals surface area contributed by atoms with Gasteiger partial charge < -0.3 is 65.0 Å². The Bertz CT molecular complexity index is 8390. The Morgan fingerprint density at radius 3 is 0.795 bits per heavy atom. The molecule has 0 unspecified atom stereocenters. The number of aromatic nitrogens is 10. The number of H-pyrrole nitrogens is 5. The van der Waals surface area contributed by atoms with Gasteiger partial charge in [-0.05, 0) is 272 Å². The predicted octanol–water partition coefficient (Wildman–Crippen LogP) is 15.6. The van der Waals surface area contributed by atoms with Gasteiger partial charge in [-0.3, -0.25) is 24.0 Å². The van der Waals surface area contributed by atoms with E-state index in [1.54, 1.807) is 0 Å². The van der Waals surface area contributed by atoms with Crippen molar-refractivity contribution in [1.29, 1.82) is 0 Å². The zero-order valence-corrected chi connectivity index (χ0v) is 84.7. The van der Waals surface area contributed by atoms with Crippen molar-refractivity contribution in [1.82, 2.24) is 49.8 Å². The lowest BCUT2D eigenvalue weighted by Gasteiger charge is -2.30. The van der Waals surface area contributed by atoms with Crippen LogP contribution >= 0.6 is 0 Å². The Kier molecular flexibility index (Phi) is 30.3. The monoisotopic (exact) mass is 1940 g/mol. The van der Waals surface area contributed by atoms with Gasteiger partial charge in [-0.1, -0.05) is 197 Å². The molecule has 0 radical (unpaired) electrons. The summed E-state index contributed by atoms with van der Waals surface area (Å²) in [6, 6.07) is 74.4. The number of hydrogen-bond acceptors (Lipinski definition) is 23. The van der Waals surface area contributed by atoms with Crippen LogP contribution in [0.3, 0.4) is 0 Å². The Hall–Kier alpha value is -16.7. The molecule has 742 valence electrons. The summed E-state index contributed by atoms with van der Waals surface area (Å²) in [4.78, 5) is 135. The van der Waals surface area contributed by atoms with E-state index >= 15 is 0 Å². The Labute approximate surface area is 847 Å². The maximum absolute atomic E-state index is 12.6. The molecule has 15 aromatic rings. The van der Waals surface area contributed by atoms with E-state index < -0.39 is 0 Å². The molecule has 2 saturated carbocycles. The second-order valence-corrected chi connectivity index (χ2v) is 38.8. The first kappa shape index (κ1) is 99.5. The molecule has 0 spiro atoms. The zero-order valence-electron chi connectivity index (χ0n) is 84.7. The van der Waals surface area contributed by atoms with E-state index in [1.807, 2.05) is 62.6 Å². The summed E-state index contributed by atoms with van der Waals surface area (Å²) in [7, 11) is 4.05. The summed E-state index contributed by atoms with van der Waals surface area (Å²) in [6.45, 7) is 37.4. The van der Waals surface area contributed by atoms with Crippen molar-refractivity contribution in [2.45, 2.75) is 170 Å². The fourth-order valence-corrected chi connectivity index (χ4v) is 19.5. The van der Waals surface area contributed by atoms with Gasteiger partial charge in [0.2, 0.25) is 0 Å². The lowest BCUT2D eigenvalue weighted by Crippen LogP contribution is -2.42. The average Bonchev–Trinajstić information content (AvgIpc) is 1.04. The van der Waals surface area contributed by atoms with E-state index in [-0.39, 0.29) is 27.8 Å². The Morgan fingerprint density at radius 1 is 0.288 bits per heavy atom. The van der Waals surface area contributed by atoms with Crippen LogP contribution in [0, 0.1) is 48.5 Å². The standard InChI is InChI=1S/C26H29N5O.C24H25N5O.C23H25N5O.C23H24N4O.C22H22N4O/c1-17-15-22-23(16-21(17)29-20-12-6-7-13-20)31(14-8-11-19-9-4-3-5-10-19)25-24(30-22)26(32)28-18(2)27-25;1-15-13-20-21(14-19(15)27-18-10-11-18)29(12-6-9-17-7-4-3-5-8-17)23-22(28-20)24(30)26-16(2)25-23;1-15-13-18-20(14-19(15)27(3)4)28(12-8-11-17-9-6-5-7-10-17)22-21(26-18)23(29)25-16(2)24-22;1-15-13-19-20(14-16(15)2)27(12-8-7-11-18-9-5-4-6-10-18)22-21(26-19)23(28)25-17(3)24-22;1-14-12-18-19(13-15(14)2)26(11-7-10-17-8-5-4-6-9-17)21-20(25-18)22(27)24-16(3)23-21/h3-5,9-10,15-16,20,29H,2,6-8,11-14H2,1H3,(H,28,32);3-5,7-8,13-14,18,27H,2,6,9-12H2,1H3,(H,26,30);5-7,9-10,13-14H,2,8,11-12H2,1,3-4H3,(H,25,29);4-6,9-10,13-14H,3,7-8,11-12H2,1-2H3,(H,25,28);4-6,8-9,12-13H,3,7,10-11H2,1-2H3,(H,24,27). The van der Waals surface area contributed by atoms with Gasteiger partial charge in [0.15, 0.2) is 55.9 Å². The van der Waals surface area contributed by atoms with Crippen LogP contribution in [-0.2, 0) is 32.1 Å². The van der Waals surface area contributed by atoms with Crippen molar-refractivity contribution in [2.24, 2.45) is 25.0 Å². The summed E-state index contributed by atoms with van der Waals surface area (Å²) in [5.41, 5.74) is 27.6. The highest BCUT2D eigenvalue weighted by Crippen LogP contribution is 2.45. The molecule has 146 heavy (non-hydrogen) atoms. The van der Waals surface area contributed by atoms with Crippen molar-refractivity contribution in [3.63, 3.8) is 0 Å². The Balaban J connectivity index is 0.000000120. The van der Waals surface area contributed by atoms with Crippen molar-refractivity contribution in [3.05, 3.63) is 385 Å². The summed E-state index contributed by atoms with van der Waals surface area (Å²) in [6.07, 6.45) is 18.1. The van der Waals surface area contributed by atoms with Gasteiger partial charge in [0, 0.05) is 76.0 Å². The summed E-state index contributed by atoms with van der Waals surface area (Å²) >= 11 is 0. The summed E-state index contributed by atoms with van der Waals surface area (Å²) < 4.78 is 0. The number of aryl methyl sites for hydroxylation is 12. The normalized spacial score (nSPS) is 13.4. The maximum Gasteiger partial charge on any atom is 0.279 e. The fourth-order valence-electron chi connectivity index (χ4n) is 19.5. The highest BCUT2D eigenvalue weighted by molar-refractivity contribution is 5.85. The fraction of sp³-hybridized carbons (Fsp3) is 0.280. The van der Waals surface area contributed by atoms with E-state index in [2.05, 4.69) is 355 Å². The van der Waals surface area contributed by atoms with Crippen molar-refractivity contribution >= 4 is 136 Å². The molecular weight excluding hydrogens is 1820 g/mol. The predicted molar refractivity (Wildman–Crippen MR) is 590 cm³/mol. The first-order chi connectivity index (χ1) is 70.6. The van der Waals surface area contributed by atoms with E-state index in [0.29, 0.717) is 95.4 Å². The van der Waals surface area contributed by atoms with E-state index in [9.17, 15) is 24.0 Å². The van der Waals surface area contributed by atoms with Crippen LogP contribution in [0.5, 0.6) is 0 Å². The van der Waals surface area contributed by atoms with Crippen molar-refractivity contribution < 1.29 is 0 Å². The molecule has 0 amide bonds. The molecule has 28 heteroatoms. The molecule has 2 fully saturated rings. The number of hydrogen-bond donors (Lipinski definition) is 7. The summed E-state index contributed by atoms with van der Waals surface area (Å²) in [5, 5.41) is 9.15. The van der Waals surface area contributed by atoms with Crippen LogP contribution in [0.15, 0.2) is 261 Å². The molecule has 10 aromatic carbocycles. The van der Waals surface area contributed by atoms with Gasteiger partial charge in [0.05, 0.1) is 56.9 Å². The number of nitrogens with one attached hydrogen (secondary N) is 7. The third-order valence-corrected chi connectivity index (χ3v) is 27.5. The van der Waals surface area contributed by atoms with Gasteiger partial charge in [-0.25, -0.2) is 49.9 Å². The summed E-state index contributed by atoms with van der Waals surface area (Å²) in [5.74, 6) is 2.95. The minimum absolute atomic E-state index is 0.242. The minimum atomic E-state index is -0.256. The topological polar surface area (TPSA) is 334 Å². The zero-order chi connectivity index (χ0) is 102. The van der Waals surface area contributed by atoms with Crippen molar-refractivity contribution in [2.75, 3.05) is 86.9 Å². The quantitative estimate of drug-likeness (QED) is 0.0248. The molecule has 2 aliphatic carbocycles. The molecule has 10 heterocycles. The lowest BCUT2D eigenvalue weighted by molar-refractivity contribution is 0.721. The highest BCUT2D eigenvalue weighted by atomic mass is 16.1. The molecule has 28 nitrogen and oxygen atoms in total.